The van der Waals surface area contributed by atoms with E-state index in [2.05, 4.69) is 6.08 Å². The van der Waals surface area contributed by atoms with E-state index in [-0.39, 0.29) is 0 Å². The molecule has 0 heterocycles. The van der Waals surface area contributed by atoms with E-state index in [1.165, 1.54) is 17.6 Å². The van der Waals surface area contributed by atoms with E-state index in [0.717, 1.165) is 18.4 Å². The Morgan fingerprint density at radius 3 is 2.77 bits per heavy atom. The van der Waals surface area contributed by atoms with Crippen LogP contribution in [0.4, 0.5) is 0 Å². The van der Waals surface area contributed by atoms with E-state index in [4.69, 9.17) is 0 Å². The molecule has 0 saturated carbocycles. The van der Waals surface area contributed by atoms with Crippen LogP contribution in [0.25, 0.3) is 5.57 Å². The molecule has 1 aliphatic carbocycles. The van der Waals surface area contributed by atoms with Gasteiger partial charge in [-0.05, 0) is 43.4 Å². The molecule has 2 rings (SSSR count). The second kappa shape index (κ2) is 3.25. The Bertz CT molecular complexity index is 330. The van der Waals surface area contributed by atoms with E-state index in [0.29, 0.717) is 5.75 Å². The molecule has 1 aromatic carbocycles. The van der Waals surface area contributed by atoms with Crippen molar-refractivity contribution in [3.8, 4) is 5.75 Å². The summed E-state index contributed by atoms with van der Waals surface area (Å²) in [6.07, 6.45) is 5.73. The Balaban J connectivity index is 2.49. The molecule has 0 atom stereocenters. The smallest absolute Gasteiger partial charge is 0.123 e. The summed E-state index contributed by atoms with van der Waals surface area (Å²) >= 11 is 0. The fourth-order valence-corrected chi connectivity index (χ4v) is 1.97. The van der Waals surface area contributed by atoms with Gasteiger partial charge in [-0.25, -0.2) is 0 Å². The van der Waals surface area contributed by atoms with Crippen LogP contribution in [0, 0.1) is 6.92 Å². The van der Waals surface area contributed by atoms with Gasteiger partial charge in [0.1, 0.15) is 5.75 Å². The van der Waals surface area contributed by atoms with Crippen LogP contribution in [0.3, 0.4) is 0 Å². The molecule has 1 N–H and O–H groups in total. The second-order valence-electron chi connectivity index (χ2n) is 3.59. The Morgan fingerprint density at radius 2 is 2.15 bits per heavy atom. The van der Waals surface area contributed by atoms with Crippen molar-refractivity contribution in [2.45, 2.75) is 26.2 Å². The summed E-state index contributed by atoms with van der Waals surface area (Å²) < 4.78 is 0. The van der Waals surface area contributed by atoms with Crippen LogP contribution in [0.2, 0.25) is 0 Å². The molecule has 1 aromatic rings. The maximum atomic E-state index is 9.71. The molecule has 0 radical (unpaired) electrons. The highest BCUT2D eigenvalue weighted by Gasteiger charge is 2.12. The molecule has 68 valence electrons. The van der Waals surface area contributed by atoms with E-state index in [1.54, 1.807) is 6.07 Å². The highest BCUT2D eigenvalue weighted by Crippen LogP contribution is 2.35. The van der Waals surface area contributed by atoms with Gasteiger partial charge in [0.05, 0.1) is 0 Å². The summed E-state index contributed by atoms with van der Waals surface area (Å²) in [5.41, 5.74) is 3.55. The summed E-state index contributed by atoms with van der Waals surface area (Å²) in [5, 5.41) is 9.71. The van der Waals surface area contributed by atoms with Crippen molar-refractivity contribution < 1.29 is 5.11 Å². The van der Waals surface area contributed by atoms with Gasteiger partial charge in [-0.1, -0.05) is 18.2 Å². The number of hydrogen-bond donors (Lipinski definition) is 1. The lowest BCUT2D eigenvalue weighted by atomic mass is 9.99. The first kappa shape index (κ1) is 8.36. The van der Waals surface area contributed by atoms with Crippen LogP contribution >= 0.6 is 0 Å². The SMILES string of the molecule is Cc1cccc(O)c1C1=CCCC1. The molecule has 0 bridgehead atoms. The summed E-state index contributed by atoms with van der Waals surface area (Å²) in [4.78, 5) is 0. The van der Waals surface area contributed by atoms with Crippen LogP contribution in [-0.4, -0.2) is 5.11 Å². The maximum Gasteiger partial charge on any atom is 0.123 e. The fourth-order valence-electron chi connectivity index (χ4n) is 1.97. The highest BCUT2D eigenvalue weighted by atomic mass is 16.3. The summed E-state index contributed by atoms with van der Waals surface area (Å²) in [6, 6.07) is 5.71. The molecule has 0 spiro atoms. The molecule has 1 aliphatic rings. The number of phenolic OH excluding ortho intramolecular Hbond substituents is 1. The number of aryl methyl sites for hydroxylation is 1. The molecular weight excluding hydrogens is 160 g/mol. The molecule has 0 saturated heterocycles. The van der Waals surface area contributed by atoms with Crippen molar-refractivity contribution in [1.29, 1.82) is 0 Å². The second-order valence-corrected chi connectivity index (χ2v) is 3.59. The molecular formula is C12H14O. The standard InChI is InChI=1S/C12H14O/c1-9-5-4-8-11(13)12(9)10-6-2-3-7-10/h4-6,8,13H,2-3,7H2,1H3. The predicted octanol–water partition coefficient (Wildman–Crippen LogP) is 3.27. The molecule has 0 unspecified atom stereocenters. The molecule has 0 fully saturated rings. The van der Waals surface area contributed by atoms with Gasteiger partial charge in [-0.3, -0.25) is 0 Å². The van der Waals surface area contributed by atoms with Crippen molar-refractivity contribution in [3.63, 3.8) is 0 Å². The van der Waals surface area contributed by atoms with Gasteiger partial charge in [0.15, 0.2) is 0 Å². The Hall–Kier alpha value is -1.24. The third kappa shape index (κ3) is 1.46. The van der Waals surface area contributed by atoms with Gasteiger partial charge < -0.3 is 5.11 Å². The van der Waals surface area contributed by atoms with Crippen LogP contribution < -0.4 is 0 Å². The van der Waals surface area contributed by atoms with Crippen LogP contribution in [0.15, 0.2) is 24.3 Å². The number of rotatable bonds is 1. The van der Waals surface area contributed by atoms with Crippen LogP contribution in [0.1, 0.15) is 30.4 Å². The molecule has 0 aliphatic heterocycles. The molecule has 0 amide bonds. The van der Waals surface area contributed by atoms with Gasteiger partial charge in [0.2, 0.25) is 0 Å². The topological polar surface area (TPSA) is 20.2 Å². The average Bonchev–Trinajstić information content (AvgIpc) is 2.57. The Labute approximate surface area is 78.7 Å². The quantitative estimate of drug-likeness (QED) is 0.692. The lowest BCUT2D eigenvalue weighted by Crippen LogP contribution is -1.86. The minimum atomic E-state index is 0.424. The summed E-state index contributed by atoms with van der Waals surface area (Å²) in [7, 11) is 0. The van der Waals surface area contributed by atoms with Crippen molar-refractivity contribution >= 4 is 5.57 Å². The average molecular weight is 174 g/mol. The lowest BCUT2D eigenvalue weighted by molar-refractivity contribution is 0.473. The van der Waals surface area contributed by atoms with E-state index < -0.39 is 0 Å². The first-order valence-electron chi connectivity index (χ1n) is 4.77. The minimum absolute atomic E-state index is 0.424. The van der Waals surface area contributed by atoms with E-state index in [1.807, 2.05) is 19.1 Å². The number of hydrogen-bond acceptors (Lipinski definition) is 1. The van der Waals surface area contributed by atoms with Crippen LogP contribution in [0.5, 0.6) is 5.75 Å². The van der Waals surface area contributed by atoms with Crippen molar-refractivity contribution in [2.24, 2.45) is 0 Å². The summed E-state index contributed by atoms with van der Waals surface area (Å²) in [5.74, 6) is 0.424. The molecule has 13 heavy (non-hydrogen) atoms. The Kier molecular flexibility index (Phi) is 2.09. The first-order valence-corrected chi connectivity index (χ1v) is 4.77. The zero-order chi connectivity index (χ0) is 9.26. The van der Waals surface area contributed by atoms with Gasteiger partial charge >= 0.3 is 0 Å². The van der Waals surface area contributed by atoms with Gasteiger partial charge in [0.25, 0.3) is 0 Å². The fraction of sp³-hybridized carbons (Fsp3) is 0.333. The monoisotopic (exact) mass is 174 g/mol. The normalized spacial score (nSPS) is 15.9. The van der Waals surface area contributed by atoms with Crippen molar-refractivity contribution in [1.82, 2.24) is 0 Å². The van der Waals surface area contributed by atoms with Gasteiger partial charge in [-0.2, -0.15) is 0 Å². The van der Waals surface area contributed by atoms with Crippen molar-refractivity contribution in [2.75, 3.05) is 0 Å². The largest absolute Gasteiger partial charge is 0.507 e. The molecule has 1 nitrogen and oxygen atoms in total. The van der Waals surface area contributed by atoms with Crippen molar-refractivity contribution in [3.05, 3.63) is 35.4 Å². The zero-order valence-corrected chi connectivity index (χ0v) is 7.88. The van der Waals surface area contributed by atoms with Gasteiger partial charge in [0, 0.05) is 5.56 Å². The third-order valence-corrected chi connectivity index (χ3v) is 2.61. The van der Waals surface area contributed by atoms with Gasteiger partial charge in [-0.15, -0.1) is 0 Å². The number of aromatic hydroxyl groups is 1. The molecule has 1 heteroatoms. The van der Waals surface area contributed by atoms with Crippen LogP contribution in [-0.2, 0) is 0 Å². The number of phenols is 1. The van der Waals surface area contributed by atoms with E-state index in [9.17, 15) is 5.11 Å². The van der Waals surface area contributed by atoms with E-state index >= 15 is 0 Å². The maximum absolute atomic E-state index is 9.71. The number of benzene rings is 1. The first-order chi connectivity index (χ1) is 6.29. The summed E-state index contributed by atoms with van der Waals surface area (Å²) in [6.45, 7) is 2.05. The number of allylic oxidation sites excluding steroid dienone is 2. The zero-order valence-electron chi connectivity index (χ0n) is 7.88. The Morgan fingerprint density at radius 1 is 1.31 bits per heavy atom. The third-order valence-electron chi connectivity index (χ3n) is 2.61. The minimum Gasteiger partial charge on any atom is -0.507 e. The molecule has 0 aromatic heterocycles. The lowest BCUT2D eigenvalue weighted by Gasteiger charge is -2.08. The predicted molar refractivity (Wildman–Crippen MR) is 54.7 cm³/mol. The highest BCUT2D eigenvalue weighted by molar-refractivity contribution is 5.73.